The van der Waals surface area contributed by atoms with Gasteiger partial charge in [0.2, 0.25) is 0 Å². The van der Waals surface area contributed by atoms with Crippen molar-refractivity contribution in [2.75, 3.05) is 0 Å². The molecule has 1 unspecified atom stereocenters. The van der Waals surface area contributed by atoms with Crippen molar-refractivity contribution in [2.24, 2.45) is 5.84 Å². The van der Waals surface area contributed by atoms with Gasteiger partial charge in [0.25, 0.3) is 0 Å². The van der Waals surface area contributed by atoms with Crippen molar-refractivity contribution in [1.29, 1.82) is 0 Å². The van der Waals surface area contributed by atoms with Crippen LogP contribution in [0.2, 0.25) is 5.02 Å². The first-order chi connectivity index (χ1) is 8.20. The fourth-order valence-corrected chi connectivity index (χ4v) is 1.68. The largest absolute Gasteiger partial charge is 0.271 e. The Labute approximate surface area is 103 Å². The van der Waals surface area contributed by atoms with Crippen molar-refractivity contribution in [1.82, 2.24) is 10.4 Å². The van der Waals surface area contributed by atoms with E-state index in [9.17, 15) is 4.39 Å². The number of hydrogen-bond donors (Lipinski definition) is 2. The lowest BCUT2D eigenvalue weighted by atomic mass is 10.0. The van der Waals surface area contributed by atoms with Gasteiger partial charge in [-0.3, -0.25) is 10.8 Å². The second-order valence-corrected chi connectivity index (χ2v) is 3.99. The van der Waals surface area contributed by atoms with Crippen LogP contribution >= 0.6 is 11.6 Å². The van der Waals surface area contributed by atoms with Crippen LogP contribution in [-0.4, -0.2) is 4.98 Å². The SMILES string of the molecule is NNC(c1ccc(F)cc1)c1ccc(Cl)cn1. The van der Waals surface area contributed by atoms with Gasteiger partial charge in [0.1, 0.15) is 5.82 Å². The van der Waals surface area contributed by atoms with Crippen LogP contribution in [0.5, 0.6) is 0 Å². The molecule has 0 spiro atoms. The Kier molecular flexibility index (Phi) is 3.68. The van der Waals surface area contributed by atoms with Crippen molar-refractivity contribution in [3.63, 3.8) is 0 Å². The second-order valence-electron chi connectivity index (χ2n) is 3.55. The molecule has 0 saturated heterocycles. The van der Waals surface area contributed by atoms with Crippen LogP contribution in [0.3, 0.4) is 0 Å². The first-order valence-corrected chi connectivity index (χ1v) is 5.41. The highest BCUT2D eigenvalue weighted by Gasteiger charge is 2.13. The number of hydrazine groups is 1. The van der Waals surface area contributed by atoms with E-state index in [-0.39, 0.29) is 11.9 Å². The molecule has 0 aliphatic carbocycles. The molecule has 0 bridgehead atoms. The van der Waals surface area contributed by atoms with E-state index in [1.165, 1.54) is 12.1 Å². The Bertz CT molecular complexity index is 439. The van der Waals surface area contributed by atoms with Crippen LogP contribution in [0.4, 0.5) is 4.39 Å². The Morgan fingerprint density at radius 1 is 1.18 bits per heavy atom. The summed E-state index contributed by atoms with van der Waals surface area (Å²) >= 11 is 5.76. The van der Waals surface area contributed by atoms with E-state index >= 15 is 0 Å². The molecule has 0 amide bonds. The number of benzene rings is 1. The van der Waals surface area contributed by atoms with Gasteiger partial charge in [-0.05, 0) is 29.8 Å². The van der Waals surface area contributed by atoms with Gasteiger partial charge in [-0.15, -0.1) is 0 Å². The molecule has 0 fully saturated rings. The molecule has 2 aromatic rings. The van der Waals surface area contributed by atoms with Gasteiger partial charge in [-0.2, -0.15) is 0 Å². The molecular weight excluding hydrogens is 241 g/mol. The van der Waals surface area contributed by atoms with Gasteiger partial charge < -0.3 is 0 Å². The van der Waals surface area contributed by atoms with E-state index in [4.69, 9.17) is 17.4 Å². The molecule has 1 atom stereocenters. The van der Waals surface area contributed by atoms with Gasteiger partial charge in [0.15, 0.2) is 0 Å². The van der Waals surface area contributed by atoms with Gasteiger partial charge >= 0.3 is 0 Å². The van der Waals surface area contributed by atoms with Crippen molar-refractivity contribution in [3.05, 3.63) is 64.7 Å². The predicted molar refractivity (Wildman–Crippen MR) is 64.8 cm³/mol. The van der Waals surface area contributed by atoms with Crippen LogP contribution in [0.25, 0.3) is 0 Å². The Morgan fingerprint density at radius 2 is 1.88 bits per heavy atom. The third kappa shape index (κ3) is 2.79. The number of rotatable bonds is 3. The maximum Gasteiger partial charge on any atom is 0.123 e. The third-order valence-electron chi connectivity index (χ3n) is 2.42. The van der Waals surface area contributed by atoms with Crippen LogP contribution < -0.4 is 11.3 Å². The van der Waals surface area contributed by atoms with E-state index in [0.29, 0.717) is 5.02 Å². The second kappa shape index (κ2) is 5.23. The van der Waals surface area contributed by atoms with E-state index in [0.717, 1.165) is 11.3 Å². The molecule has 0 aliphatic rings. The van der Waals surface area contributed by atoms with Gasteiger partial charge in [-0.25, -0.2) is 9.82 Å². The smallest absolute Gasteiger partial charge is 0.123 e. The summed E-state index contributed by atoms with van der Waals surface area (Å²) in [4.78, 5) is 4.18. The summed E-state index contributed by atoms with van der Waals surface area (Å²) in [6.45, 7) is 0. The Morgan fingerprint density at radius 3 is 2.41 bits per heavy atom. The molecule has 0 saturated carbocycles. The summed E-state index contributed by atoms with van der Waals surface area (Å²) in [6, 6.07) is 9.32. The van der Waals surface area contributed by atoms with Gasteiger partial charge in [0.05, 0.1) is 16.8 Å². The minimum Gasteiger partial charge on any atom is -0.271 e. The quantitative estimate of drug-likeness (QED) is 0.651. The molecule has 88 valence electrons. The van der Waals surface area contributed by atoms with Crippen LogP contribution in [0.1, 0.15) is 17.3 Å². The van der Waals surface area contributed by atoms with Crippen molar-refractivity contribution >= 4 is 11.6 Å². The van der Waals surface area contributed by atoms with E-state index in [1.807, 2.05) is 0 Å². The zero-order valence-corrected chi connectivity index (χ0v) is 9.66. The van der Waals surface area contributed by atoms with Crippen LogP contribution in [-0.2, 0) is 0 Å². The molecule has 5 heteroatoms. The monoisotopic (exact) mass is 251 g/mol. The molecule has 3 nitrogen and oxygen atoms in total. The maximum absolute atomic E-state index is 12.8. The topological polar surface area (TPSA) is 50.9 Å². The van der Waals surface area contributed by atoms with E-state index in [1.54, 1.807) is 30.5 Å². The molecule has 17 heavy (non-hydrogen) atoms. The zero-order valence-electron chi connectivity index (χ0n) is 8.90. The lowest BCUT2D eigenvalue weighted by Crippen LogP contribution is -2.29. The summed E-state index contributed by atoms with van der Waals surface area (Å²) in [6.07, 6.45) is 1.55. The summed E-state index contributed by atoms with van der Waals surface area (Å²) in [5, 5.41) is 0.559. The first kappa shape index (κ1) is 12.0. The highest BCUT2D eigenvalue weighted by atomic mass is 35.5. The molecule has 0 radical (unpaired) electrons. The number of aromatic nitrogens is 1. The fourth-order valence-electron chi connectivity index (χ4n) is 1.57. The molecule has 2 rings (SSSR count). The summed E-state index contributed by atoms with van der Waals surface area (Å²) in [7, 11) is 0. The van der Waals surface area contributed by atoms with Crippen LogP contribution in [0, 0.1) is 5.82 Å². The molecule has 1 heterocycles. The molecule has 1 aromatic carbocycles. The average Bonchev–Trinajstić information content (AvgIpc) is 2.35. The van der Waals surface area contributed by atoms with Gasteiger partial charge in [-0.1, -0.05) is 23.7 Å². The summed E-state index contributed by atoms with van der Waals surface area (Å²) in [5.74, 6) is 5.21. The standard InChI is InChI=1S/C12H11ClFN3/c13-9-3-6-11(16-7-9)12(17-15)8-1-4-10(14)5-2-8/h1-7,12,17H,15H2. The van der Waals surface area contributed by atoms with Crippen molar-refractivity contribution in [2.45, 2.75) is 6.04 Å². The number of nitrogens with zero attached hydrogens (tertiary/aromatic N) is 1. The van der Waals surface area contributed by atoms with Gasteiger partial charge in [0, 0.05) is 6.20 Å². The first-order valence-electron chi connectivity index (χ1n) is 5.04. The number of hydrogen-bond acceptors (Lipinski definition) is 3. The number of pyridine rings is 1. The number of halogens is 2. The molecule has 0 aliphatic heterocycles. The molecule has 1 aromatic heterocycles. The van der Waals surface area contributed by atoms with E-state index < -0.39 is 0 Å². The zero-order chi connectivity index (χ0) is 12.3. The van der Waals surface area contributed by atoms with Crippen molar-refractivity contribution < 1.29 is 4.39 Å². The Hall–Kier alpha value is -1.49. The Balaban J connectivity index is 2.33. The minimum absolute atomic E-state index is 0.284. The summed E-state index contributed by atoms with van der Waals surface area (Å²) in [5.41, 5.74) is 4.21. The highest BCUT2D eigenvalue weighted by molar-refractivity contribution is 6.30. The fraction of sp³-hybridized carbons (Fsp3) is 0.0833. The number of nitrogens with one attached hydrogen (secondary N) is 1. The van der Waals surface area contributed by atoms with E-state index in [2.05, 4.69) is 10.4 Å². The normalized spacial score (nSPS) is 12.4. The molecular formula is C12H11ClFN3. The number of nitrogens with two attached hydrogens (primary N) is 1. The van der Waals surface area contributed by atoms with Crippen molar-refractivity contribution in [3.8, 4) is 0 Å². The lowest BCUT2D eigenvalue weighted by molar-refractivity contribution is 0.608. The summed E-state index contributed by atoms with van der Waals surface area (Å²) < 4.78 is 12.8. The predicted octanol–water partition coefficient (Wildman–Crippen LogP) is 2.43. The minimum atomic E-state index is -0.284. The maximum atomic E-state index is 12.8. The highest BCUT2D eigenvalue weighted by Crippen LogP contribution is 2.20. The lowest BCUT2D eigenvalue weighted by Gasteiger charge is -2.15. The molecule has 3 N–H and O–H groups in total. The van der Waals surface area contributed by atoms with Crippen LogP contribution in [0.15, 0.2) is 42.6 Å². The third-order valence-corrected chi connectivity index (χ3v) is 2.64. The average molecular weight is 252 g/mol.